The molecule has 1 aromatic rings. The Bertz CT molecular complexity index is 400. The fourth-order valence-electron chi connectivity index (χ4n) is 3.06. The predicted molar refractivity (Wildman–Crippen MR) is 78.8 cm³/mol. The molecule has 3 heteroatoms. The van der Waals surface area contributed by atoms with Gasteiger partial charge in [0.2, 0.25) is 0 Å². The number of ether oxygens (including phenoxy) is 1. The van der Waals surface area contributed by atoms with Crippen LogP contribution in [0.15, 0.2) is 24.3 Å². The Morgan fingerprint density at radius 2 is 2.00 bits per heavy atom. The molecule has 1 fully saturated rings. The zero-order chi connectivity index (χ0) is 13.9. The highest BCUT2D eigenvalue weighted by Gasteiger charge is 2.34. The maximum Gasteiger partial charge on any atom is 0.119 e. The van der Waals surface area contributed by atoms with Crippen molar-refractivity contribution in [3.8, 4) is 5.75 Å². The van der Waals surface area contributed by atoms with E-state index in [1.54, 1.807) is 0 Å². The van der Waals surface area contributed by atoms with Gasteiger partial charge >= 0.3 is 0 Å². The summed E-state index contributed by atoms with van der Waals surface area (Å²) in [5.74, 6) is 1.36. The van der Waals surface area contributed by atoms with Crippen LogP contribution in [-0.4, -0.2) is 30.4 Å². The van der Waals surface area contributed by atoms with E-state index in [9.17, 15) is 5.11 Å². The molecule has 2 rings (SSSR count). The summed E-state index contributed by atoms with van der Waals surface area (Å²) in [6, 6.07) is 8.33. The Morgan fingerprint density at radius 1 is 1.32 bits per heavy atom. The molecule has 0 bridgehead atoms. The Morgan fingerprint density at radius 3 is 2.53 bits per heavy atom. The first kappa shape index (κ1) is 14.2. The van der Waals surface area contributed by atoms with Crippen molar-refractivity contribution in [2.75, 3.05) is 24.7 Å². The minimum atomic E-state index is 0.0960. The molecule has 0 aromatic heterocycles. The van der Waals surface area contributed by atoms with Crippen LogP contribution in [-0.2, 0) is 0 Å². The number of anilines is 1. The molecule has 0 amide bonds. The second-order valence-electron chi connectivity index (χ2n) is 5.93. The quantitative estimate of drug-likeness (QED) is 0.906. The molecule has 0 radical (unpaired) electrons. The maximum atomic E-state index is 9.34. The van der Waals surface area contributed by atoms with Crippen LogP contribution in [0.1, 0.15) is 33.6 Å². The fraction of sp³-hybridized carbons (Fsp3) is 0.625. The number of aliphatic hydroxyl groups is 1. The summed E-state index contributed by atoms with van der Waals surface area (Å²) in [6.07, 6.45) is 2.10. The van der Waals surface area contributed by atoms with Crippen molar-refractivity contribution < 1.29 is 9.84 Å². The van der Waals surface area contributed by atoms with E-state index in [-0.39, 0.29) is 5.54 Å². The molecule has 1 N–H and O–H groups in total. The number of benzene rings is 1. The first-order valence-corrected chi connectivity index (χ1v) is 7.18. The Labute approximate surface area is 116 Å². The van der Waals surface area contributed by atoms with Gasteiger partial charge in [-0.05, 0) is 63.8 Å². The second kappa shape index (κ2) is 5.83. The first-order chi connectivity index (χ1) is 9.06. The van der Waals surface area contributed by atoms with E-state index < -0.39 is 0 Å². The van der Waals surface area contributed by atoms with Crippen molar-refractivity contribution >= 4 is 5.69 Å². The minimum absolute atomic E-state index is 0.0960. The van der Waals surface area contributed by atoms with Crippen LogP contribution in [0.3, 0.4) is 0 Å². The van der Waals surface area contributed by atoms with Gasteiger partial charge in [0.1, 0.15) is 5.75 Å². The third-order valence-electron chi connectivity index (χ3n) is 4.00. The highest BCUT2D eigenvalue weighted by Crippen LogP contribution is 2.35. The number of nitrogens with zero attached hydrogens (tertiary/aromatic N) is 1. The van der Waals surface area contributed by atoms with E-state index in [1.807, 2.05) is 19.1 Å². The molecule has 0 saturated carbocycles. The van der Waals surface area contributed by atoms with Gasteiger partial charge in [-0.15, -0.1) is 0 Å². The average molecular weight is 263 g/mol. The van der Waals surface area contributed by atoms with E-state index in [2.05, 4.69) is 30.9 Å². The minimum Gasteiger partial charge on any atom is -0.494 e. The SMILES string of the molecule is CCOc1ccc(N2CCC(CO)CC2(C)C)cc1. The van der Waals surface area contributed by atoms with Crippen molar-refractivity contribution in [1.29, 1.82) is 0 Å². The molecule has 1 aliphatic rings. The van der Waals surface area contributed by atoms with E-state index in [0.29, 0.717) is 19.1 Å². The van der Waals surface area contributed by atoms with E-state index in [1.165, 1.54) is 5.69 Å². The van der Waals surface area contributed by atoms with Gasteiger partial charge in [0, 0.05) is 24.4 Å². The normalized spacial score (nSPS) is 22.3. The summed E-state index contributed by atoms with van der Waals surface area (Å²) in [5.41, 5.74) is 1.34. The lowest BCUT2D eigenvalue weighted by atomic mass is 9.82. The monoisotopic (exact) mass is 263 g/mol. The third kappa shape index (κ3) is 3.21. The number of aliphatic hydroxyl groups excluding tert-OH is 1. The summed E-state index contributed by atoms with van der Waals surface area (Å²) in [5, 5.41) is 9.34. The van der Waals surface area contributed by atoms with Gasteiger partial charge in [-0.25, -0.2) is 0 Å². The van der Waals surface area contributed by atoms with Crippen LogP contribution in [0.25, 0.3) is 0 Å². The zero-order valence-corrected chi connectivity index (χ0v) is 12.2. The molecule has 1 heterocycles. The van der Waals surface area contributed by atoms with Crippen LogP contribution < -0.4 is 9.64 Å². The molecule has 106 valence electrons. The molecular formula is C16H25NO2. The van der Waals surface area contributed by atoms with Gasteiger partial charge < -0.3 is 14.7 Å². The lowest BCUT2D eigenvalue weighted by Gasteiger charge is -2.47. The molecule has 1 aromatic carbocycles. The second-order valence-corrected chi connectivity index (χ2v) is 5.93. The molecule has 1 saturated heterocycles. The number of hydrogen-bond acceptors (Lipinski definition) is 3. The molecule has 3 nitrogen and oxygen atoms in total. The van der Waals surface area contributed by atoms with Crippen LogP contribution >= 0.6 is 0 Å². The summed E-state index contributed by atoms with van der Waals surface area (Å²) < 4.78 is 5.48. The largest absolute Gasteiger partial charge is 0.494 e. The Kier molecular flexibility index (Phi) is 4.35. The topological polar surface area (TPSA) is 32.7 Å². The van der Waals surface area contributed by atoms with E-state index in [0.717, 1.165) is 25.1 Å². The lowest BCUT2D eigenvalue weighted by molar-refractivity contribution is 0.166. The molecule has 1 atom stereocenters. The average Bonchev–Trinajstić information content (AvgIpc) is 2.39. The van der Waals surface area contributed by atoms with Crippen molar-refractivity contribution in [2.45, 2.75) is 39.2 Å². The van der Waals surface area contributed by atoms with Gasteiger partial charge in [-0.1, -0.05) is 0 Å². The van der Waals surface area contributed by atoms with E-state index >= 15 is 0 Å². The molecular weight excluding hydrogens is 238 g/mol. The maximum absolute atomic E-state index is 9.34. The van der Waals surface area contributed by atoms with Crippen LogP contribution in [0.2, 0.25) is 0 Å². The summed E-state index contributed by atoms with van der Waals surface area (Å²) in [4.78, 5) is 2.44. The lowest BCUT2D eigenvalue weighted by Crippen LogP contribution is -2.50. The smallest absolute Gasteiger partial charge is 0.119 e. The molecule has 1 aliphatic heterocycles. The van der Waals surface area contributed by atoms with Crippen LogP contribution in [0.4, 0.5) is 5.69 Å². The summed E-state index contributed by atoms with van der Waals surface area (Å²) in [7, 11) is 0. The van der Waals surface area contributed by atoms with Crippen LogP contribution in [0, 0.1) is 5.92 Å². The molecule has 19 heavy (non-hydrogen) atoms. The number of hydrogen-bond donors (Lipinski definition) is 1. The van der Waals surface area contributed by atoms with E-state index in [4.69, 9.17) is 4.74 Å². The highest BCUT2D eigenvalue weighted by atomic mass is 16.5. The predicted octanol–water partition coefficient (Wildman–Crippen LogP) is 3.07. The van der Waals surface area contributed by atoms with Crippen molar-refractivity contribution in [2.24, 2.45) is 5.92 Å². The molecule has 0 aliphatic carbocycles. The van der Waals surface area contributed by atoms with Gasteiger partial charge in [-0.3, -0.25) is 0 Å². The van der Waals surface area contributed by atoms with Crippen molar-refractivity contribution in [1.82, 2.24) is 0 Å². The highest BCUT2D eigenvalue weighted by molar-refractivity contribution is 5.51. The standard InChI is InChI=1S/C16H25NO2/c1-4-19-15-7-5-14(6-8-15)17-10-9-13(12-18)11-16(17,2)3/h5-8,13,18H,4,9-12H2,1-3H3. The van der Waals surface area contributed by atoms with Gasteiger partial charge in [0.15, 0.2) is 0 Å². The molecule has 0 spiro atoms. The Hall–Kier alpha value is -1.22. The van der Waals surface area contributed by atoms with Crippen molar-refractivity contribution in [3.63, 3.8) is 0 Å². The van der Waals surface area contributed by atoms with Gasteiger partial charge in [0.05, 0.1) is 6.61 Å². The number of rotatable bonds is 4. The first-order valence-electron chi connectivity index (χ1n) is 7.18. The summed E-state index contributed by atoms with van der Waals surface area (Å²) >= 11 is 0. The summed E-state index contributed by atoms with van der Waals surface area (Å²) in [6.45, 7) is 8.52. The third-order valence-corrected chi connectivity index (χ3v) is 4.00. The molecule has 1 unspecified atom stereocenters. The van der Waals surface area contributed by atoms with Crippen molar-refractivity contribution in [3.05, 3.63) is 24.3 Å². The van der Waals surface area contributed by atoms with Gasteiger partial charge in [0.25, 0.3) is 0 Å². The zero-order valence-electron chi connectivity index (χ0n) is 12.2. The number of piperidine rings is 1. The Balaban J connectivity index is 2.12. The fourth-order valence-corrected chi connectivity index (χ4v) is 3.06. The van der Waals surface area contributed by atoms with Gasteiger partial charge in [-0.2, -0.15) is 0 Å². The van der Waals surface area contributed by atoms with Crippen LogP contribution in [0.5, 0.6) is 5.75 Å².